The van der Waals surface area contributed by atoms with E-state index in [1.165, 1.54) is 4.90 Å². The second-order valence-electron chi connectivity index (χ2n) is 6.02. The zero-order valence-corrected chi connectivity index (χ0v) is 14.7. The summed E-state index contributed by atoms with van der Waals surface area (Å²) in [6.45, 7) is 4.32. The minimum Gasteiger partial charge on any atom is -0.337 e. The number of benzene rings is 1. The van der Waals surface area contributed by atoms with E-state index in [4.69, 9.17) is 0 Å². The Bertz CT molecular complexity index is 626. The smallest absolute Gasteiger partial charge is 0.317 e. The van der Waals surface area contributed by atoms with Crippen LogP contribution in [0.15, 0.2) is 47.9 Å². The molecule has 7 heteroatoms. The van der Waals surface area contributed by atoms with Crippen molar-refractivity contribution in [3.05, 3.63) is 43.0 Å². The molecule has 1 aliphatic heterocycles. The normalized spacial score (nSPS) is 16.8. The van der Waals surface area contributed by atoms with Gasteiger partial charge >= 0.3 is 6.03 Å². The molecule has 3 rings (SSSR count). The van der Waals surface area contributed by atoms with E-state index in [-0.39, 0.29) is 6.03 Å². The molecule has 1 atom stereocenters. The van der Waals surface area contributed by atoms with Gasteiger partial charge in [0.05, 0.1) is 6.04 Å². The quantitative estimate of drug-likeness (QED) is 0.847. The summed E-state index contributed by atoms with van der Waals surface area (Å²) in [6.07, 6.45) is 5.16. The molecular weight excluding hydrogens is 322 g/mol. The van der Waals surface area contributed by atoms with Crippen LogP contribution in [0.2, 0.25) is 0 Å². The highest BCUT2D eigenvalue weighted by Crippen LogP contribution is 2.23. The lowest BCUT2D eigenvalue weighted by Crippen LogP contribution is -2.46. The van der Waals surface area contributed by atoms with E-state index in [0.717, 1.165) is 25.9 Å². The fourth-order valence-corrected chi connectivity index (χ4v) is 3.80. The summed E-state index contributed by atoms with van der Waals surface area (Å²) in [5, 5.41) is 7.58. The maximum absolute atomic E-state index is 12.3. The highest BCUT2D eigenvalue weighted by Gasteiger charge is 2.24. The van der Waals surface area contributed by atoms with E-state index in [0.29, 0.717) is 17.8 Å². The van der Waals surface area contributed by atoms with Gasteiger partial charge in [0.25, 0.3) is 0 Å². The van der Waals surface area contributed by atoms with Crippen LogP contribution in [-0.4, -0.2) is 50.6 Å². The molecule has 0 unspecified atom stereocenters. The first-order chi connectivity index (χ1) is 11.7. The predicted molar refractivity (Wildman–Crippen MR) is 95.0 cm³/mol. The van der Waals surface area contributed by atoms with E-state index in [1.807, 2.05) is 27.8 Å². The van der Waals surface area contributed by atoms with Crippen LogP contribution >= 0.6 is 11.8 Å². The molecule has 0 aliphatic carbocycles. The molecule has 1 aliphatic rings. The number of piperidine rings is 1. The van der Waals surface area contributed by atoms with Gasteiger partial charge in [0, 0.05) is 29.8 Å². The second kappa shape index (κ2) is 8.19. The van der Waals surface area contributed by atoms with Gasteiger partial charge in [0.1, 0.15) is 12.7 Å². The molecule has 2 aromatic rings. The average molecular weight is 345 g/mol. The zero-order valence-electron chi connectivity index (χ0n) is 13.8. The number of urea groups is 1. The highest BCUT2D eigenvalue weighted by molar-refractivity contribution is 8.00. The van der Waals surface area contributed by atoms with Crippen LogP contribution in [0.3, 0.4) is 0 Å². The molecule has 6 nitrogen and oxygen atoms in total. The Balaban J connectivity index is 1.39. The number of nitrogens with one attached hydrogen (secondary N) is 1. The summed E-state index contributed by atoms with van der Waals surface area (Å²) in [7, 11) is 0. The standard InChI is InChI=1S/C17H23N5OS/c1-14(24-16-5-3-2-4-6-16)11-19-17(23)21-9-7-15(8-10-21)22-13-18-12-20-22/h2-6,12-15H,7-11H2,1H3,(H,19,23)/t14-/m0/s1. The van der Waals surface area contributed by atoms with Gasteiger partial charge in [-0.15, -0.1) is 11.8 Å². The van der Waals surface area contributed by atoms with Crippen LogP contribution in [0.5, 0.6) is 0 Å². The number of likely N-dealkylation sites (tertiary alicyclic amines) is 1. The van der Waals surface area contributed by atoms with Crippen LogP contribution in [0.25, 0.3) is 0 Å². The van der Waals surface area contributed by atoms with E-state index in [1.54, 1.807) is 24.4 Å². The van der Waals surface area contributed by atoms with Gasteiger partial charge in [-0.05, 0) is 25.0 Å². The van der Waals surface area contributed by atoms with Crippen molar-refractivity contribution in [1.82, 2.24) is 25.0 Å². The van der Waals surface area contributed by atoms with E-state index >= 15 is 0 Å². The monoisotopic (exact) mass is 345 g/mol. The maximum atomic E-state index is 12.3. The van der Waals surface area contributed by atoms with Gasteiger partial charge in [-0.3, -0.25) is 0 Å². The fraction of sp³-hybridized carbons (Fsp3) is 0.471. The number of aromatic nitrogens is 3. The van der Waals surface area contributed by atoms with Gasteiger partial charge in [0.2, 0.25) is 0 Å². The molecule has 24 heavy (non-hydrogen) atoms. The number of amides is 2. The van der Waals surface area contributed by atoms with Crippen LogP contribution in [-0.2, 0) is 0 Å². The van der Waals surface area contributed by atoms with Gasteiger partial charge in [-0.25, -0.2) is 14.5 Å². The average Bonchev–Trinajstić information content (AvgIpc) is 3.15. The Hall–Kier alpha value is -2.02. The summed E-state index contributed by atoms with van der Waals surface area (Å²) in [6, 6.07) is 10.7. The minimum absolute atomic E-state index is 0.0348. The number of rotatable bonds is 5. The molecule has 1 aromatic carbocycles. The second-order valence-corrected chi connectivity index (χ2v) is 7.53. The predicted octanol–water partition coefficient (Wildman–Crippen LogP) is 2.81. The SMILES string of the molecule is C[C@@H](CNC(=O)N1CCC(n2cncn2)CC1)Sc1ccccc1. The lowest BCUT2D eigenvalue weighted by Gasteiger charge is -2.32. The summed E-state index contributed by atoms with van der Waals surface area (Å²) < 4.78 is 1.90. The van der Waals surface area contributed by atoms with Crippen molar-refractivity contribution in [2.75, 3.05) is 19.6 Å². The van der Waals surface area contributed by atoms with Gasteiger partial charge in [0.15, 0.2) is 0 Å². The van der Waals surface area contributed by atoms with Crippen LogP contribution in [0.4, 0.5) is 4.79 Å². The Kier molecular flexibility index (Phi) is 5.74. The Morgan fingerprint density at radius 2 is 2.08 bits per heavy atom. The molecule has 0 radical (unpaired) electrons. The highest BCUT2D eigenvalue weighted by atomic mass is 32.2. The van der Waals surface area contributed by atoms with Crippen molar-refractivity contribution in [2.45, 2.75) is 36.0 Å². The molecular formula is C17H23N5OS. The third kappa shape index (κ3) is 4.50. The summed E-state index contributed by atoms with van der Waals surface area (Å²) >= 11 is 1.78. The van der Waals surface area contributed by atoms with Crippen molar-refractivity contribution < 1.29 is 4.79 Å². The number of hydrogen-bond donors (Lipinski definition) is 1. The molecule has 0 bridgehead atoms. The van der Waals surface area contributed by atoms with Crippen molar-refractivity contribution >= 4 is 17.8 Å². The van der Waals surface area contributed by atoms with Crippen LogP contribution in [0.1, 0.15) is 25.8 Å². The summed E-state index contributed by atoms with van der Waals surface area (Å²) in [4.78, 5) is 19.4. The van der Waals surface area contributed by atoms with E-state index in [9.17, 15) is 4.79 Å². The number of carbonyl (C=O) groups excluding carboxylic acids is 1. The molecule has 2 amide bonds. The van der Waals surface area contributed by atoms with Gasteiger partial charge < -0.3 is 10.2 Å². The first-order valence-corrected chi connectivity index (χ1v) is 9.19. The topological polar surface area (TPSA) is 63.1 Å². The van der Waals surface area contributed by atoms with Crippen LogP contribution < -0.4 is 5.32 Å². The lowest BCUT2D eigenvalue weighted by molar-refractivity contribution is 0.169. The molecule has 1 saturated heterocycles. The molecule has 128 valence electrons. The first-order valence-electron chi connectivity index (χ1n) is 8.31. The maximum Gasteiger partial charge on any atom is 0.317 e. The largest absolute Gasteiger partial charge is 0.337 e. The number of thioether (sulfide) groups is 1. The number of nitrogens with zero attached hydrogens (tertiary/aromatic N) is 4. The van der Waals surface area contributed by atoms with Gasteiger partial charge in [-0.1, -0.05) is 25.1 Å². The van der Waals surface area contributed by atoms with E-state index in [2.05, 4.69) is 34.5 Å². The molecule has 2 heterocycles. The fourth-order valence-electron chi connectivity index (χ4n) is 2.86. The van der Waals surface area contributed by atoms with Crippen molar-refractivity contribution in [2.24, 2.45) is 0 Å². The number of carbonyl (C=O) groups is 1. The molecule has 0 saturated carbocycles. The van der Waals surface area contributed by atoms with Crippen molar-refractivity contribution in [3.63, 3.8) is 0 Å². The van der Waals surface area contributed by atoms with Crippen molar-refractivity contribution in [3.8, 4) is 0 Å². The molecule has 1 N–H and O–H groups in total. The zero-order chi connectivity index (χ0) is 16.8. The summed E-state index contributed by atoms with van der Waals surface area (Å²) in [5.41, 5.74) is 0. The van der Waals surface area contributed by atoms with Crippen LogP contribution in [0, 0.1) is 0 Å². The Labute approximate surface area is 146 Å². The Morgan fingerprint density at radius 1 is 1.33 bits per heavy atom. The van der Waals surface area contributed by atoms with Gasteiger partial charge in [-0.2, -0.15) is 5.10 Å². The number of hydrogen-bond acceptors (Lipinski definition) is 4. The third-order valence-electron chi connectivity index (χ3n) is 4.18. The minimum atomic E-state index is 0.0348. The summed E-state index contributed by atoms with van der Waals surface area (Å²) in [5.74, 6) is 0. The lowest BCUT2D eigenvalue weighted by atomic mass is 10.1. The Morgan fingerprint density at radius 3 is 2.75 bits per heavy atom. The molecule has 0 spiro atoms. The third-order valence-corrected chi connectivity index (χ3v) is 5.30. The molecule has 1 aromatic heterocycles. The molecule has 1 fully saturated rings. The van der Waals surface area contributed by atoms with E-state index < -0.39 is 0 Å². The first kappa shape index (κ1) is 16.8. The van der Waals surface area contributed by atoms with Crippen molar-refractivity contribution in [1.29, 1.82) is 0 Å².